The molecule has 0 aliphatic heterocycles. The van der Waals surface area contributed by atoms with Gasteiger partial charge in [0.05, 0.1) is 26.8 Å². The molecule has 0 atom stereocenters. The lowest BCUT2D eigenvalue weighted by atomic mass is 9.95. The zero-order valence-electron chi connectivity index (χ0n) is 11.3. The van der Waals surface area contributed by atoms with Crippen LogP contribution in [0.1, 0.15) is 18.4 Å². The van der Waals surface area contributed by atoms with E-state index >= 15 is 0 Å². The molecule has 102 valence electrons. The molecule has 1 aliphatic carbocycles. The van der Waals surface area contributed by atoms with E-state index in [4.69, 9.17) is 0 Å². The second-order valence-electron chi connectivity index (χ2n) is 5.51. The minimum Gasteiger partial charge on any atom is -0.240 e. The number of nitriles is 1. The smallest absolute Gasteiger partial charge is 0.0823 e. The number of hydrogen-bond donors (Lipinski definition) is 0. The lowest BCUT2D eigenvalue weighted by molar-refractivity contribution is 0.909. The van der Waals surface area contributed by atoms with Gasteiger partial charge in [0.25, 0.3) is 0 Å². The zero-order valence-corrected chi connectivity index (χ0v) is 13.4. The molecule has 0 bridgehead atoms. The molecule has 0 N–H and O–H groups in total. The Morgan fingerprint density at radius 3 is 2.57 bits per heavy atom. The summed E-state index contributed by atoms with van der Waals surface area (Å²) in [5.74, 6) is 0. The van der Waals surface area contributed by atoms with Gasteiger partial charge in [0, 0.05) is 6.20 Å². The Bertz CT molecular complexity index is 867. The number of pyridine rings is 1. The van der Waals surface area contributed by atoms with E-state index in [1.165, 1.54) is 11.1 Å². The molecule has 1 saturated carbocycles. The topological polar surface area (TPSA) is 41.1 Å². The molecule has 4 heteroatoms. The molecule has 0 amide bonds. The van der Waals surface area contributed by atoms with Crippen molar-refractivity contribution in [2.75, 3.05) is 0 Å². The normalized spacial score (nSPS) is 15.8. The summed E-state index contributed by atoms with van der Waals surface area (Å²) in [7, 11) is 0. The molecular weight excluding hydrogens is 373 g/mol. The van der Waals surface area contributed by atoms with Gasteiger partial charge in [-0.05, 0) is 64.3 Å². The van der Waals surface area contributed by atoms with Gasteiger partial charge in [0.2, 0.25) is 0 Å². The van der Waals surface area contributed by atoms with Crippen LogP contribution < -0.4 is 0 Å². The quantitative estimate of drug-likeness (QED) is 0.622. The number of nitrogens with zero attached hydrogens (tertiary/aromatic N) is 3. The molecule has 0 spiro atoms. The fourth-order valence-electron chi connectivity index (χ4n) is 2.70. The summed E-state index contributed by atoms with van der Waals surface area (Å²) in [6.45, 7) is 0. The first-order valence-corrected chi connectivity index (χ1v) is 7.95. The highest BCUT2D eigenvalue weighted by Crippen LogP contribution is 2.47. The minimum absolute atomic E-state index is 0.205. The van der Waals surface area contributed by atoms with Crippen LogP contribution in [0.3, 0.4) is 0 Å². The van der Waals surface area contributed by atoms with Crippen molar-refractivity contribution in [3.05, 3.63) is 57.9 Å². The Labute approximate surface area is 136 Å². The molecule has 1 aliphatic rings. The van der Waals surface area contributed by atoms with Gasteiger partial charge >= 0.3 is 0 Å². The van der Waals surface area contributed by atoms with E-state index in [9.17, 15) is 5.26 Å². The maximum absolute atomic E-state index is 9.26. The average Bonchev–Trinajstić information content (AvgIpc) is 3.26. The van der Waals surface area contributed by atoms with Gasteiger partial charge < -0.3 is 0 Å². The Balaban J connectivity index is 1.75. The third kappa shape index (κ3) is 2.04. The number of benzene rings is 1. The van der Waals surface area contributed by atoms with Gasteiger partial charge in [-0.15, -0.1) is 0 Å². The molecule has 2 heterocycles. The highest BCUT2D eigenvalue weighted by molar-refractivity contribution is 14.1. The van der Waals surface area contributed by atoms with Crippen LogP contribution in [-0.4, -0.2) is 9.61 Å². The summed E-state index contributed by atoms with van der Waals surface area (Å²) in [5, 5.41) is 13.6. The van der Waals surface area contributed by atoms with E-state index in [0.717, 1.165) is 27.5 Å². The van der Waals surface area contributed by atoms with E-state index < -0.39 is 0 Å². The number of rotatable bonds is 2. The van der Waals surface area contributed by atoms with Gasteiger partial charge in [-0.25, -0.2) is 4.52 Å². The van der Waals surface area contributed by atoms with Crippen molar-refractivity contribution in [2.45, 2.75) is 18.3 Å². The highest BCUT2D eigenvalue weighted by atomic mass is 127. The first-order chi connectivity index (χ1) is 10.2. The standard InChI is InChI=1S/C17H12IN3/c18-15-10-20-21-8-5-13(9-16(15)21)12-1-3-14(4-2-12)17(11-19)6-7-17/h1-5,8-10H,6-7H2. The predicted octanol–water partition coefficient (Wildman–Crippen LogP) is 4.16. The van der Waals surface area contributed by atoms with Crippen molar-refractivity contribution in [3.8, 4) is 17.2 Å². The first kappa shape index (κ1) is 12.8. The van der Waals surface area contributed by atoms with Crippen molar-refractivity contribution >= 4 is 28.1 Å². The van der Waals surface area contributed by atoms with Crippen LogP contribution in [0.15, 0.2) is 48.8 Å². The Morgan fingerprint density at radius 1 is 1.14 bits per heavy atom. The number of aromatic nitrogens is 2. The summed E-state index contributed by atoms with van der Waals surface area (Å²) in [5.41, 5.74) is 4.41. The summed E-state index contributed by atoms with van der Waals surface area (Å²) in [6, 6.07) is 15.1. The van der Waals surface area contributed by atoms with Gasteiger partial charge in [-0.3, -0.25) is 0 Å². The van der Waals surface area contributed by atoms with Gasteiger partial charge in [0.15, 0.2) is 0 Å². The monoisotopic (exact) mass is 385 g/mol. The summed E-state index contributed by atoms with van der Waals surface area (Å²) >= 11 is 2.30. The van der Waals surface area contributed by atoms with Crippen LogP contribution in [-0.2, 0) is 5.41 Å². The largest absolute Gasteiger partial charge is 0.240 e. The van der Waals surface area contributed by atoms with Gasteiger partial charge in [-0.1, -0.05) is 24.3 Å². The van der Waals surface area contributed by atoms with Crippen LogP contribution in [0.5, 0.6) is 0 Å². The Morgan fingerprint density at radius 2 is 1.90 bits per heavy atom. The molecule has 1 aromatic carbocycles. The number of halogens is 1. The van der Waals surface area contributed by atoms with E-state index in [1.54, 1.807) is 0 Å². The Hall–Kier alpha value is -1.87. The van der Waals surface area contributed by atoms with Gasteiger partial charge in [0.1, 0.15) is 0 Å². The summed E-state index contributed by atoms with van der Waals surface area (Å²) in [6.07, 6.45) is 5.83. The number of fused-ring (bicyclic) bond motifs is 1. The zero-order chi connectivity index (χ0) is 14.4. The molecule has 0 radical (unpaired) electrons. The van der Waals surface area contributed by atoms with Gasteiger partial charge in [-0.2, -0.15) is 10.4 Å². The molecule has 21 heavy (non-hydrogen) atoms. The van der Waals surface area contributed by atoms with Crippen molar-refractivity contribution in [2.24, 2.45) is 0 Å². The fraction of sp³-hybridized carbons (Fsp3) is 0.176. The summed E-state index contributed by atoms with van der Waals surface area (Å²) in [4.78, 5) is 0. The molecule has 4 rings (SSSR count). The highest BCUT2D eigenvalue weighted by Gasteiger charge is 2.44. The Kier molecular flexibility index (Phi) is 2.79. The average molecular weight is 385 g/mol. The number of hydrogen-bond acceptors (Lipinski definition) is 2. The molecule has 1 fully saturated rings. The maximum Gasteiger partial charge on any atom is 0.0823 e. The van der Waals surface area contributed by atoms with Crippen molar-refractivity contribution in [1.82, 2.24) is 9.61 Å². The van der Waals surface area contributed by atoms with Crippen molar-refractivity contribution in [3.63, 3.8) is 0 Å². The van der Waals surface area contributed by atoms with Crippen LogP contribution in [0.25, 0.3) is 16.6 Å². The van der Waals surface area contributed by atoms with Crippen LogP contribution >= 0.6 is 22.6 Å². The molecule has 0 unspecified atom stereocenters. The fourth-order valence-corrected chi connectivity index (χ4v) is 3.23. The molecule has 0 saturated heterocycles. The van der Waals surface area contributed by atoms with Crippen LogP contribution in [0, 0.1) is 14.9 Å². The minimum atomic E-state index is -0.205. The van der Waals surface area contributed by atoms with E-state index in [-0.39, 0.29) is 5.41 Å². The first-order valence-electron chi connectivity index (χ1n) is 6.87. The van der Waals surface area contributed by atoms with Crippen LogP contribution in [0.2, 0.25) is 0 Å². The third-order valence-corrected chi connectivity index (χ3v) is 5.04. The lowest BCUT2D eigenvalue weighted by Gasteiger charge is -2.08. The lowest BCUT2D eigenvalue weighted by Crippen LogP contribution is -2.01. The van der Waals surface area contributed by atoms with Crippen molar-refractivity contribution in [1.29, 1.82) is 5.26 Å². The second kappa shape index (κ2) is 4.57. The van der Waals surface area contributed by atoms with Crippen molar-refractivity contribution < 1.29 is 0 Å². The molecular formula is C17H12IN3. The molecule has 3 aromatic rings. The van der Waals surface area contributed by atoms with E-state index in [1.807, 2.05) is 16.9 Å². The van der Waals surface area contributed by atoms with Crippen LogP contribution in [0.4, 0.5) is 0 Å². The van der Waals surface area contributed by atoms with E-state index in [2.05, 4.69) is 70.2 Å². The SMILES string of the molecule is N#CC1(c2ccc(-c3ccn4ncc(I)c4c3)cc2)CC1. The van der Waals surface area contributed by atoms with E-state index in [0.29, 0.717) is 0 Å². The maximum atomic E-state index is 9.26. The molecule has 2 aromatic heterocycles. The third-order valence-electron chi connectivity index (χ3n) is 4.21. The molecule has 3 nitrogen and oxygen atoms in total. The predicted molar refractivity (Wildman–Crippen MR) is 89.9 cm³/mol. The second-order valence-corrected chi connectivity index (χ2v) is 6.67. The summed E-state index contributed by atoms with van der Waals surface area (Å²) < 4.78 is 3.03.